The summed E-state index contributed by atoms with van der Waals surface area (Å²) in [5, 5.41) is 10.7. The van der Waals surface area contributed by atoms with Crippen molar-refractivity contribution in [2.45, 2.75) is 0 Å². The largest absolute Gasteiger partial charge is 0.456 e. The molecule has 0 aliphatic carbocycles. The second-order valence-electron chi connectivity index (χ2n) is 10.6. The van der Waals surface area contributed by atoms with Gasteiger partial charge >= 0.3 is 0 Å². The lowest BCUT2D eigenvalue weighted by atomic mass is 9.93. The molecular formula is C38H22N2O. The van der Waals surface area contributed by atoms with E-state index >= 15 is 0 Å². The number of furan rings is 1. The van der Waals surface area contributed by atoms with Crippen molar-refractivity contribution >= 4 is 65.2 Å². The highest BCUT2D eigenvalue weighted by Crippen LogP contribution is 2.40. The molecule has 190 valence electrons. The lowest BCUT2D eigenvalue weighted by Crippen LogP contribution is -1.95. The Bertz CT molecular complexity index is 2470. The lowest BCUT2D eigenvalue weighted by molar-refractivity contribution is 0.669. The van der Waals surface area contributed by atoms with E-state index in [0.29, 0.717) is 0 Å². The van der Waals surface area contributed by atoms with Crippen LogP contribution in [0.15, 0.2) is 138 Å². The molecule has 0 N–H and O–H groups in total. The summed E-state index contributed by atoms with van der Waals surface area (Å²) in [5.74, 6) is 0.731. The van der Waals surface area contributed by atoms with Crippen LogP contribution < -0.4 is 0 Å². The molecular weight excluding hydrogens is 500 g/mol. The Balaban J connectivity index is 1.29. The van der Waals surface area contributed by atoms with Crippen molar-refractivity contribution in [1.82, 2.24) is 9.97 Å². The normalized spacial score (nSPS) is 11.9. The Kier molecular flexibility index (Phi) is 4.61. The van der Waals surface area contributed by atoms with Gasteiger partial charge in [-0.05, 0) is 62.6 Å². The SMILES string of the molecule is c1ccc(-c2nc(-c3ccc4c(ccc5ccc6c(ccc7oc8ccccc8c76)c54)c3)nc3ccccc23)cc1. The second kappa shape index (κ2) is 8.48. The van der Waals surface area contributed by atoms with Crippen LogP contribution in [-0.4, -0.2) is 9.97 Å². The summed E-state index contributed by atoms with van der Waals surface area (Å²) >= 11 is 0. The summed E-state index contributed by atoms with van der Waals surface area (Å²) in [7, 11) is 0. The van der Waals surface area contributed by atoms with Crippen molar-refractivity contribution in [3.05, 3.63) is 133 Å². The van der Waals surface area contributed by atoms with Crippen molar-refractivity contribution < 1.29 is 4.42 Å². The molecule has 41 heavy (non-hydrogen) atoms. The Morgan fingerprint density at radius 1 is 0.415 bits per heavy atom. The molecule has 0 bridgehead atoms. The van der Waals surface area contributed by atoms with Crippen LogP contribution >= 0.6 is 0 Å². The predicted molar refractivity (Wildman–Crippen MR) is 170 cm³/mol. The van der Waals surface area contributed by atoms with E-state index in [1.165, 1.54) is 32.3 Å². The molecule has 2 heterocycles. The molecule has 0 amide bonds. The Labute approximate surface area is 235 Å². The first-order chi connectivity index (χ1) is 20.3. The topological polar surface area (TPSA) is 38.9 Å². The molecule has 2 aromatic heterocycles. The van der Waals surface area contributed by atoms with Crippen molar-refractivity contribution in [2.24, 2.45) is 0 Å². The minimum Gasteiger partial charge on any atom is -0.456 e. The third kappa shape index (κ3) is 3.33. The van der Waals surface area contributed by atoms with E-state index in [9.17, 15) is 0 Å². The molecule has 0 spiro atoms. The van der Waals surface area contributed by atoms with Gasteiger partial charge in [0.25, 0.3) is 0 Å². The maximum Gasteiger partial charge on any atom is 0.160 e. The quantitative estimate of drug-likeness (QED) is 0.212. The van der Waals surface area contributed by atoms with E-state index in [-0.39, 0.29) is 0 Å². The van der Waals surface area contributed by atoms with Crippen LogP contribution in [0.25, 0.3) is 87.8 Å². The van der Waals surface area contributed by atoms with Crippen LogP contribution in [0, 0.1) is 0 Å². The molecule has 0 aliphatic rings. The van der Waals surface area contributed by atoms with Gasteiger partial charge in [-0.25, -0.2) is 9.97 Å². The molecule has 9 rings (SSSR count). The average molecular weight is 523 g/mol. The first-order valence-corrected chi connectivity index (χ1v) is 13.8. The van der Waals surface area contributed by atoms with Gasteiger partial charge in [-0.2, -0.15) is 0 Å². The summed E-state index contributed by atoms with van der Waals surface area (Å²) in [4.78, 5) is 10.1. The van der Waals surface area contributed by atoms with E-state index in [2.05, 4.69) is 103 Å². The van der Waals surface area contributed by atoms with E-state index in [1.807, 2.05) is 30.3 Å². The van der Waals surface area contributed by atoms with Crippen LogP contribution in [0.4, 0.5) is 0 Å². The van der Waals surface area contributed by atoms with Gasteiger partial charge < -0.3 is 4.42 Å². The number of hydrogen-bond acceptors (Lipinski definition) is 3. The van der Waals surface area contributed by atoms with Gasteiger partial charge in [0.1, 0.15) is 11.2 Å². The Morgan fingerprint density at radius 2 is 1.12 bits per heavy atom. The van der Waals surface area contributed by atoms with Gasteiger partial charge in [-0.1, -0.05) is 103 Å². The maximum absolute atomic E-state index is 6.18. The number of benzene rings is 7. The fourth-order valence-corrected chi connectivity index (χ4v) is 6.35. The highest BCUT2D eigenvalue weighted by atomic mass is 16.3. The van der Waals surface area contributed by atoms with Gasteiger partial charge in [0.05, 0.1) is 11.2 Å². The molecule has 9 aromatic rings. The molecule has 3 nitrogen and oxygen atoms in total. The van der Waals surface area contributed by atoms with Gasteiger partial charge in [0.2, 0.25) is 0 Å². The Hall–Kier alpha value is -5.54. The molecule has 0 unspecified atom stereocenters. The monoisotopic (exact) mass is 522 g/mol. The summed E-state index contributed by atoms with van der Waals surface area (Å²) in [6.45, 7) is 0. The minimum absolute atomic E-state index is 0.731. The maximum atomic E-state index is 6.18. The van der Waals surface area contributed by atoms with Crippen molar-refractivity contribution in [2.75, 3.05) is 0 Å². The van der Waals surface area contributed by atoms with Gasteiger partial charge in [-0.15, -0.1) is 0 Å². The standard InChI is InChI=1S/C38H22N2O/c1-2-8-24(9-3-1)37-30-10-4-6-12-32(30)39-38(40-37)26-17-18-27-25(22-26)15-14-23-16-19-29-28(35(23)27)20-21-34-36(29)31-11-5-7-13-33(31)41-34/h1-22H. The van der Waals surface area contributed by atoms with Crippen LogP contribution in [-0.2, 0) is 0 Å². The highest BCUT2D eigenvalue weighted by Gasteiger charge is 2.15. The minimum atomic E-state index is 0.731. The first-order valence-electron chi connectivity index (χ1n) is 13.8. The zero-order valence-electron chi connectivity index (χ0n) is 22.0. The molecule has 3 heteroatoms. The number of hydrogen-bond donors (Lipinski definition) is 0. The zero-order valence-corrected chi connectivity index (χ0v) is 22.0. The fourth-order valence-electron chi connectivity index (χ4n) is 6.35. The number of nitrogens with zero attached hydrogens (tertiary/aromatic N) is 2. The van der Waals surface area contributed by atoms with Crippen LogP contribution in [0.5, 0.6) is 0 Å². The fraction of sp³-hybridized carbons (Fsp3) is 0. The van der Waals surface area contributed by atoms with E-state index < -0.39 is 0 Å². The average Bonchev–Trinajstić information content (AvgIpc) is 3.43. The van der Waals surface area contributed by atoms with Gasteiger partial charge in [0.15, 0.2) is 5.82 Å². The summed E-state index contributed by atoms with van der Waals surface area (Å²) < 4.78 is 6.18. The van der Waals surface area contributed by atoms with Crippen LogP contribution in [0.2, 0.25) is 0 Å². The van der Waals surface area contributed by atoms with Crippen molar-refractivity contribution in [1.29, 1.82) is 0 Å². The summed E-state index contributed by atoms with van der Waals surface area (Å²) in [6, 6.07) is 46.7. The number of rotatable bonds is 2. The summed E-state index contributed by atoms with van der Waals surface area (Å²) in [6.07, 6.45) is 0. The third-order valence-corrected chi connectivity index (χ3v) is 8.24. The molecule has 0 aliphatic heterocycles. The van der Waals surface area contributed by atoms with E-state index in [1.54, 1.807) is 0 Å². The van der Waals surface area contributed by atoms with Gasteiger partial charge in [-0.3, -0.25) is 0 Å². The summed E-state index contributed by atoms with van der Waals surface area (Å²) in [5.41, 5.74) is 5.82. The molecule has 0 saturated carbocycles. The number of para-hydroxylation sites is 2. The van der Waals surface area contributed by atoms with E-state index in [0.717, 1.165) is 55.5 Å². The van der Waals surface area contributed by atoms with Crippen molar-refractivity contribution in [3.63, 3.8) is 0 Å². The van der Waals surface area contributed by atoms with Gasteiger partial charge in [0, 0.05) is 27.3 Å². The highest BCUT2D eigenvalue weighted by molar-refractivity contribution is 6.28. The zero-order chi connectivity index (χ0) is 26.9. The smallest absolute Gasteiger partial charge is 0.160 e. The number of fused-ring (bicyclic) bond motifs is 10. The first kappa shape index (κ1) is 22.3. The van der Waals surface area contributed by atoms with E-state index in [4.69, 9.17) is 14.4 Å². The third-order valence-electron chi connectivity index (χ3n) is 8.24. The van der Waals surface area contributed by atoms with Crippen LogP contribution in [0.1, 0.15) is 0 Å². The molecule has 0 atom stereocenters. The van der Waals surface area contributed by atoms with Crippen molar-refractivity contribution in [3.8, 4) is 22.6 Å². The second-order valence-corrected chi connectivity index (χ2v) is 10.6. The Morgan fingerprint density at radius 3 is 2.05 bits per heavy atom. The van der Waals surface area contributed by atoms with Crippen LogP contribution in [0.3, 0.4) is 0 Å². The molecule has 0 fully saturated rings. The predicted octanol–water partition coefficient (Wildman–Crippen LogP) is 10.3. The lowest BCUT2D eigenvalue weighted by Gasteiger charge is -2.12. The molecule has 0 radical (unpaired) electrons. The molecule has 7 aromatic carbocycles. The number of aromatic nitrogens is 2. The molecule has 0 saturated heterocycles.